The largest absolute Gasteiger partial charge is 0.372 e. The van der Waals surface area contributed by atoms with E-state index in [1.165, 1.54) is 61.3 Å². The standard InChI is InChI=1S/C31H42N2O/c1-29(2,3)34-24-12-14-30(4)23(17-24)8-9-25-27-11-10-26(31(27,5)15-13-28(25)30)20-6-7-21-18-32-33-19-22(21)16-20/h6-8,16,18-19,24-28H,9-15,17H2,1-5H3/t24-,25-,26+,27-,28-,30-,31+/m0/s1. The molecule has 4 aliphatic rings. The Bertz CT molecular complexity index is 1120. The Kier molecular flexibility index (Phi) is 5.26. The third-order valence-electron chi connectivity index (χ3n) is 10.6. The van der Waals surface area contributed by atoms with Gasteiger partial charge in [-0.15, -0.1) is 0 Å². The highest BCUT2D eigenvalue weighted by Crippen LogP contribution is 2.68. The molecule has 2 aromatic rings. The predicted octanol–water partition coefficient (Wildman–Crippen LogP) is 7.86. The number of hydrogen-bond acceptors (Lipinski definition) is 3. The molecule has 0 aliphatic heterocycles. The molecule has 1 aromatic heterocycles. The van der Waals surface area contributed by atoms with Gasteiger partial charge < -0.3 is 4.74 Å². The number of allylic oxidation sites excluding steroid dienone is 1. The molecule has 3 fully saturated rings. The molecule has 34 heavy (non-hydrogen) atoms. The SMILES string of the molecule is CC(C)(C)O[C@H]1CC[C@@]2(C)C(=CC[C@H]3[C@@H]4CC[C@H](c5ccc6cnncc6c5)[C@@]4(C)CC[C@@H]32)C1. The van der Waals surface area contributed by atoms with Crippen molar-refractivity contribution in [2.24, 2.45) is 28.6 Å². The molecule has 4 aliphatic carbocycles. The lowest BCUT2D eigenvalue weighted by Gasteiger charge is -2.58. The molecule has 3 saturated carbocycles. The first-order valence-electron chi connectivity index (χ1n) is 13.8. The maximum Gasteiger partial charge on any atom is 0.0619 e. The molecule has 3 nitrogen and oxygen atoms in total. The fourth-order valence-electron chi connectivity index (χ4n) is 9.01. The molecule has 1 aromatic carbocycles. The highest BCUT2D eigenvalue weighted by atomic mass is 16.5. The van der Waals surface area contributed by atoms with Gasteiger partial charge in [0.25, 0.3) is 0 Å². The normalized spacial score (nSPS) is 39.8. The van der Waals surface area contributed by atoms with Gasteiger partial charge in [0, 0.05) is 10.8 Å². The third-order valence-corrected chi connectivity index (χ3v) is 10.6. The quantitative estimate of drug-likeness (QED) is 0.430. The first-order valence-corrected chi connectivity index (χ1v) is 13.8. The molecule has 0 spiro atoms. The van der Waals surface area contributed by atoms with Crippen LogP contribution < -0.4 is 0 Å². The Morgan fingerprint density at radius 2 is 1.71 bits per heavy atom. The van der Waals surface area contributed by atoms with Gasteiger partial charge in [0.05, 0.1) is 24.1 Å². The van der Waals surface area contributed by atoms with Crippen molar-refractivity contribution < 1.29 is 4.74 Å². The van der Waals surface area contributed by atoms with E-state index >= 15 is 0 Å². The van der Waals surface area contributed by atoms with Gasteiger partial charge in [0.2, 0.25) is 0 Å². The van der Waals surface area contributed by atoms with Crippen LogP contribution in [0.3, 0.4) is 0 Å². The second-order valence-electron chi connectivity index (χ2n) is 13.4. The van der Waals surface area contributed by atoms with Crippen molar-refractivity contribution in [3.05, 3.63) is 47.8 Å². The summed E-state index contributed by atoms with van der Waals surface area (Å²) in [6.45, 7) is 11.9. The van der Waals surface area contributed by atoms with E-state index in [1.807, 2.05) is 12.4 Å². The first-order chi connectivity index (χ1) is 16.2. The van der Waals surface area contributed by atoms with Gasteiger partial charge in [-0.3, -0.25) is 0 Å². The van der Waals surface area contributed by atoms with E-state index in [-0.39, 0.29) is 5.60 Å². The number of ether oxygens (including phenoxy) is 1. The van der Waals surface area contributed by atoms with E-state index in [9.17, 15) is 0 Å². The Balaban J connectivity index is 1.26. The number of rotatable bonds is 2. The molecule has 0 N–H and O–H groups in total. The van der Waals surface area contributed by atoms with Crippen molar-refractivity contribution >= 4 is 10.8 Å². The average Bonchev–Trinajstić information content (AvgIpc) is 3.15. The Morgan fingerprint density at radius 3 is 2.50 bits per heavy atom. The highest BCUT2D eigenvalue weighted by Gasteiger charge is 2.58. The molecule has 7 atom stereocenters. The Labute approximate surface area is 205 Å². The van der Waals surface area contributed by atoms with Crippen LogP contribution in [0.25, 0.3) is 10.8 Å². The summed E-state index contributed by atoms with van der Waals surface area (Å²) in [5, 5.41) is 10.6. The van der Waals surface area contributed by atoms with Gasteiger partial charge in [0.15, 0.2) is 0 Å². The zero-order valence-electron chi connectivity index (χ0n) is 21.8. The highest BCUT2D eigenvalue weighted by molar-refractivity contribution is 5.81. The summed E-state index contributed by atoms with van der Waals surface area (Å²) in [6.07, 6.45) is 17.4. The minimum atomic E-state index is -0.0446. The topological polar surface area (TPSA) is 35.0 Å². The third kappa shape index (κ3) is 3.56. The molecule has 3 heteroatoms. The van der Waals surface area contributed by atoms with Crippen LogP contribution in [0.1, 0.15) is 97.5 Å². The lowest BCUT2D eigenvalue weighted by Crippen LogP contribution is -2.50. The fraction of sp³-hybridized carbons (Fsp3) is 0.677. The second-order valence-corrected chi connectivity index (χ2v) is 13.4. The molecular formula is C31H42N2O. The maximum atomic E-state index is 6.44. The molecule has 1 heterocycles. The number of nitrogens with zero attached hydrogens (tertiary/aromatic N) is 2. The van der Waals surface area contributed by atoms with Crippen molar-refractivity contribution in [3.8, 4) is 0 Å². The van der Waals surface area contributed by atoms with E-state index in [1.54, 1.807) is 5.57 Å². The number of aromatic nitrogens is 2. The van der Waals surface area contributed by atoms with Gasteiger partial charge >= 0.3 is 0 Å². The Morgan fingerprint density at radius 1 is 0.912 bits per heavy atom. The summed E-state index contributed by atoms with van der Waals surface area (Å²) in [5.74, 6) is 3.22. The average molecular weight is 459 g/mol. The van der Waals surface area contributed by atoms with Crippen LogP contribution >= 0.6 is 0 Å². The van der Waals surface area contributed by atoms with E-state index in [4.69, 9.17) is 4.74 Å². The van der Waals surface area contributed by atoms with Crippen LogP contribution in [0.4, 0.5) is 0 Å². The summed E-state index contributed by atoms with van der Waals surface area (Å²) in [7, 11) is 0. The maximum absolute atomic E-state index is 6.44. The summed E-state index contributed by atoms with van der Waals surface area (Å²) in [4.78, 5) is 0. The van der Waals surface area contributed by atoms with Crippen molar-refractivity contribution in [1.82, 2.24) is 10.2 Å². The molecule has 0 amide bonds. The number of benzene rings is 1. The summed E-state index contributed by atoms with van der Waals surface area (Å²) < 4.78 is 6.44. The number of fused-ring (bicyclic) bond motifs is 6. The minimum absolute atomic E-state index is 0.0446. The van der Waals surface area contributed by atoms with E-state index in [0.29, 0.717) is 22.9 Å². The smallest absolute Gasteiger partial charge is 0.0619 e. The summed E-state index contributed by atoms with van der Waals surface area (Å²) in [5.41, 5.74) is 4.02. The van der Waals surface area contributed by atoms with Crippen LogP contribution in [-0.2, 0) is 4.74 Å². The molecule has 0 radical (unpaired) electrons. The van der Waals surface area contributed by atoms with Gasteiger partial charge in [-0.25, -0.2) is 0 Å². The molecule has 182 valence electrons. The van der Waals surface area contributed by atoms with Crippen molar-refractivity contribution in [2.75, 3.05) is 0 Å². The molecule has 0 bridgehead atoms. The van der Waals surface area contributed by atoms with Crippen molar-refractivity contribution in [2.45, 2.75) is 104 Å². The monoisotopic (exact) mass is 458 g/mol. The lowest BCUT2D eigenvalue weighted by atomic mass is 9.47. The Hall–Kier alpha value is -1.74. The summed E-state index contributed by atoms with van der Waals surface area (Å²) >= 11 is 0. The van der Waals surface area contributed by atoms with E-state index in [2.05, 4.69) is 69.1 Å². The zero-order valence-corrected chi connectivity index (χ0v) is 21.8. The van der Waals surface area contributed by atoms with Gasteiger partial charge in [-0.05, 0) is 118 Å². The van der Waals surface area contributed by atoms with Gasteiger partial charge in [-0.2, -0.15) is 10.2 Å². The molecule has 0 saturated heterocycles. The van der Waals surface area contributed by atoms with Crippen molar-refractivity contribution in [3.63, 3.8) is 0 Å². The predicted molar refractivity (Wildman–Crippen MR) is 139 cm³/mol. The molecule has 0 unspecified atom stereocenters. The van der Waals surface area contributed by atoms with Crippen molar-refractivity contribution in [1.29, 1.82) is 0 Å². The molecular weight excluding hydrogens is 416 g/mol. The first kappa shape index (κ1) is 22.7. The minimum Gasteiger partial charge on any atom is -0.372 e. The van der Waals surface area contributed by atoms with Crippen LogP contribution in [0.5, 0.6) is 0 Å². The number of hydrogen-bond donors (Lipinski definition) is 0. The van der Waals surface area contributed by atoms with Gasteiger partial charge in [-0.1, -0.05) is 37.6 Å². The van der Waals surface area contributed by atoms with Crippen LogP contribution in [0, 0.1) is 28.6 Å². The second kappa shape index (κ2) is 7.88. The van der Waals surface area contributed by atoms with Crippen LogP contribution in [-0.4, -0.2) is 21.9 Å². The van der Waals surface area contributed by atoms with E-state index in [0.717, 1.165) is 24.2 Å². The van der Waals surface area contributed by atoms with Crippen LogP contribution in [0.15, 0.2) is 42.2 Å². The fourth-order valence-corrected chi connectivity index (χ4v) is 9.01. The molecule has 6 rings (SSSR count). The van der Waals surface area contributed by atoms with Gasteiger partial charge in [0.1, 0.15) is 0 Å². The zero-order chi connectivity index (χ0) is 23.7. The lowest BCUT2D eigenvalue weighted by molar-refractivity contribution is -0.0922. The summed E-state index contributed by atoms with van der Waals surface area (Å²) in [6, 6.07) is 7.05. The van der Waals surface area contributed by atoms with E-state index < -0.39 is 0 Å². The van der Waals surface area contributed by atoms with Crippen LogP contribution in [0.2, 0.25) is 0 Å².